The van der Waals surface area contributed by atoms with E-state index in [1.165, 1.54) is 0 Å². The van der Waals surface area contributed by atoms with E-state index in [9.17, 15) is 4.79 Å². The molecule has 0 amide bonds. The summed E-state index contributed by atoms with van der Waals surface area (Å²) < 4.78 is 0. The number of aromatic nitrogens is 8. The van der Waals surface area contributed by atoms with Crippen LogP contribution >= 0.6 is 0 Å². The lowest BCUT2D eigenvalue weighted by Gasteiger charge is -2.30. The third-order valence-electron chi connectivity index (χ3n) is 5.81. The molecule has 2 atom stereocenters. The van der Waals surface area contributed by atoms with E-state index in [0.29, 0.717) is 52.3 Å². The second-order valence-electron chi connectivity index (χ2n) is 7.79. The van der Waals surface area contributed by atoms with Crippen molar-refractivity contribution in [2.45, 2.75) is 6.42 Å². The summed E-state index contributed by atoms with van der Waals surface area (Å²) in [6.45, 7) is 0. The number of hydrogen-bond donors (Lipinski definition) is 2. The number of Topliss-reactive ketones (excluding diaryl/α,β-unsaturated/α-hetero) is 1. The number of fused-ring (bicyclic) bond motifs is 9. The number of carbonyl (C=O) groups excluding carboxylic acids is 1. The van der Waals surface area contributed by atoms with Crippen LogP contribution in [0.5, 0.6) is 0 Å². The Kier molecular flexibility index (Phi) is 3.13. The Balaban J connectivity index is 1.57. The molecule has 9 nitrogen and oxygen atoms in total. The van der Waals surface area contributed by atoms with Crippen molar-refractivity contribution >= 4 is 51.7 Å². The van der Waals surface area contributed by atoms with Gasteiger partial charge in [0.05, 0.1) is 5.92 Å². The standard InChI is InChI=1S/C22H14N8O/c31-12-9-10-1-2-11(12)20-19(10)21-28-17-7-5-15(26-17)24-13-3-4-14(23-13)25-16-6-8-18(27-16)29-22(20)30-21/h1-8,10-11H,9H2,(H2,23,24,25,26,27,28,29,30). The van der Waals surface area contributed by atoms with Gasteiger partial charge in [0.1, 0.15) is 28.4 Å². The maximum absolute atomic E-state index is 12.6. The van der Waals surface area contributed by atoms with Gasteiger partial charge in [-0.1, -0.05) is 12.2 Å². The number of nitrogens with zero attached hydrogens (tertiary/aromatic N) is 6. The van der Waals surface area contributed by atoms with E-state index in [2.05, 4.69) is 36.0 Å². The van der Waals surface area contributed by atoms with Gasteiger partial charge in [-0.25, -0.2) is 29.9 Å². The summed E-state index contributed by atoms with van der Waals surface area (Å²) in [5.74, 6) is 1.94. The van der Waals surface area contributed by atoms with Gasteiger partial charge in [-0.05, 0) is 36.4 Å². The minimum Gasteiger partial charge on any atom is -0.325 e. The Labute approximate surface area is 174 Å². The number of rotatable bonds is 0. The number of nitrogens with one attached hydrogen (secondary N) is 2. The predicted molar refractivity (Wildman–Crippen MR) is 114 cm³/mol. The van der Waals surface area contributed by atoms with Gasteiger partial charge in [-0.3, -0.25) is 4.79 Å². The highest BCUT2D eigenvalue weighted by Crippen LogP contribution is 2.48. The minimum atomic E-state index is -0.331. The van der Waals surface area contributed by atoms with E-state index in [0.717, 1.165) is 11.1 Å². The van der Waals surface area contributed by atoms with E-state index < -0.39 is 0 Å². The highest BCUT2D eigenvalue weighted by Gasteiger charge is 2.43. The molecule has 2 unspecified atom stereocenters. The van der Waals surface area contributed by atoms with Gasteiger partial charge >= 0.3 is 0 Å². The molecule has 0 fully saturated rings. The first-order valence-electron chi connectivity index (χ1n) is 10.00. The molecule has 3 aliphatic carbocycles. The Morgan fingerprint density at radius 1 is 0.677 bits per heavy atom. The van der Waals surface area contributed by atoms with Crippen molar-refractivity contribution in [2.24, 2.45) is 11.8 Å². The fourth-order valence-electron chi connectivity index (χ4n) is 4.47. The number of aromatic amines is 2. The molecule has 10 bridgehead atoms. The van der Waals surface area contributed by atoms with Crippen LogP contribution in [-0.4, -0.2) is 45.7 Å². The summed E-state index contributed by atoms with van der Waals surface area (Å²) in [6.07, 6.45) is 8.10. The van der Waals surface area contributed by atoms with Crippen LogP contribution in [0.2, 0.25) is 0 Å². The average Bonchev–Trinajstić information content (AvgIpc) is 3.53. The summed E-state index contributed by atoms with van der Waals surface area (Å²) in [5, 5.41) is 0. The van der Waals surface area contributed by atoms with Crippen molar-refractivity contribution in [3.63, 3.8) is 0 Å². The van der Waals surface area contributed by atoms with Crippen molar-refractivity contribution in [1.82, 2.24) is 39.9 Å². The normalized spacial score (nSPS) is 21.1. The minimum absolute atomic E-state index is 0.0286. The second-order valence-corrected chi connectivity index (χ2v) is 7.79. The maximum Gasteiger partial charge on any atom is 0.161 e. The molecule has 5 heterocycles. The zero-order valence-corrected chi connectivity index (χ0v) is 16.1. The molecule has 0 spiro atoms. The van der Waals surface area contributed by atoms with Gasteiger partial charge < -0.3 is 9.97 Å². The molecular weight excluding hydrogens is 392 g/mol. The second kappa shape index (κ2) is 5.88. The highest BCUT2D eigenvalue weighted by molar-refractivity contribution is 6.09. The van der Waals surface area contributed by atoms with Gasteiger partial charge in [-0.2, -0.15) is 0 Å². The van der Waals surface area contributed by atoms with Crippen LogP contribution < -0.4 is 0 Å². The lowest BCUT2D eigenvalue weighted by molar-refractivity contribution is -0.121. The van der Waals surface area contributed by atoms with Crippen LogP contribution in [0.15, 0.2) is 36.4 Å². The fraction of sp³-hybridized carbons (Fsp3) is 0.136. The molecule has 9 heteroatoms. The molecule has 3 aromatic heterocycles. The number of ketones is 1. The third kappa shape index (κ3) is 2.53. The number of allylic oxidation sites excluding steroid dienone is 4. The molecule has 148 valence electrons. The van der Waals surface area contributed by atoms with Crippen molar-refractivity contribution < 1.29 is 4.79 Å². The Hall–Kier alpha value is -4.27. The van der Waals surface area contributed by atoms with E-state index in [1.807, 2.05) is 30.3 Å². The molecule has 31 heavy (non-hydrogen) atoms. The van der Waals surface area contributed by atoms with E-state index in [4.69, 9.17) is 9.97 Å². The smallest absolute Gasteiger partial charge is 0.161 e. The first-order valence-corrected chi connectivity index (χ1v) is 10.00. The van der Waals surface area contributed by atoms with Crippen LogP contribution in [-0.2, 0) is 4.79 Å². The summed E-state index contributed by atoms with van der Waals surface area (Å²) in [5.41, 5.74) is 4.44. The summed E-state index contributed by atoms with van der Waals surface area (Å²) >= 11 is 0. The quantitative estimate of drug-likeness (QED) is 0.430. The van der Waals surface area contributed by atoms with Gasteiger partial charge in [0.2, 0.25) is 0 Å². The molecule has 3 aromatic rings. The fourth-order valence-corrected chi connectivity index (χ4v) is 4.47. The Morgan fingerprint density at radius 2 is 1.32 bits per heavy atom. The van der Waals surface area contributed by atoms with Crippen molar-refractivity contribution in [2.75, 3.05) is 0 Å². The van der Waals surface area contributed by atoms with E-state index in [-0.39, 0.29) is 17.6 Å². The summed E-state index contributed by atoms with van der Waals surface area (Å²) in [4.78, 5) is 46.6. The van der Waals surface area contributed by atoms with Crippen LogP contribution in [0, 0.1) is 11.8 Å². The first-order chi connectivity index (χ1) is 15.2. The van der Waals surface area contributed by atoms with Crippen LogP contribution in [0.3, 0.4) is 0 Å². The molecule has 5 aliphatic rings. The summed E-state index contributed by atoms with van der Waals surface area (Å²) in [7, 11) is 0. The van der Waals surface area contributed by atoms with E-state index >= 15 is 0 Å². The monoisotopic (exact) mass is 406 g/mol. The number of carbonyl (C=O) groups is 1. The topological polar surface area (TPSA) is 126 Å². The zero-order valence-electron chi connectivity index (χ0n) is 16.1. The van der Waals surface area contributed by atoms with Gasteiger partial charge in [0.25, 0.3) is 0 Å². The molecule has 0 aromatic carbocycles. The zero-order chi connectivity index (χ0) is 20.5. The van der Waals surface area contributed by atoms with Crippen LogP contribution in [0.1, 0.15) is 29.7 Å². The predicted octanol–water partition coefficient (Wildman–Crippen LogP) is 2.75. The molecule has 2 N–H and O–H groups in total. The molecule has 8 rings (SSSR count). The average molecular weight is 406 g/mol. The van der Waals surface area contributed by atoms with Crippen molar-refractivity contribution in [3.8, 4) is 0 Å². The molecular formula is C22H14N8O. The van der Waals surface area contributed by atoms with Crippen LogP contribution in [0.4, 0.5) is 0 Å². The SMILES string of the molecule is O=C1CC2C=CC1C1=C2c2nc1nc1nc(nc3ccc(nc4ccc(n2)[nH]4)[nH]3)C=C1. The number of hydrogen-bond acceptors (Lipinski definition) is 7. The lowest BCUT2D eigenvalue weighted by Crippen LogP contribution is -2.28. The van der Waals surface area contributed by atoms with Crippen LogP contribution in [0.25, 0.3) is 45.9 Å². The largest absolute Gasteiger partial charge is 0.325 e. The third-order valence-corrected chi connectivity index (χ3v) is 5.81. The summed E-state index contributed by atoms with van der Waals surface area (Å²) in [6, 6.07) is 7.40. The van der Waals surface area contributed by atoms with Gasteiger partial charge in [0.15, 0.2) is 23.3 Å². The van der Waals surface area contributed by atoms with Crippen molar-refractivity contribution in [1.29, 1.82) is 0 Å². The van der Waals surface area contributed by atoms with Crippen molar-refractivity contribution in [3.05, 3.63) is 59.7 Å². The molecule has 0 radical (unpaired) electrons. The molecule has 0 saturated heterocycles. The maximum atomic E-state index is 12.6. The molecule has 2 aliphatic heterocycles. The van der Waals surface area contributed by atoms with Gasteiger partial charge in [-0.15, -0.1) is 0 Å². The Morgan fingerprint density at radius 3 is 2.06 bits per heavy atom. The van der Waals surface area contributed by atoms with Gasteiger partial charge in [0, 0.05) is 23.5 Å². The number of H-pyrrole nitrogens is 2. The Bertz CT molecular complexity index is 1550. The van der Waals surface area contributed by atoms with E-state index in [1.54, 1.807) is 12.2 Å². The first kappa shape index (κ1) is 16.5. The highest BCUT2D eigenvalue weighted by atomic mass is 16.1. The molecule has 0 saturated carbocycles. The lowest BCUT2D eigenvalue weighted by atomic mass is 9.71.